The van der Waals surface area contributed by atoms with Gasteiger partial charge in [0.05, 0.1) is 6.10 Å². The van der Waals surface area contributed by atoms with E-state index in [9.17, 15) is 10.2 Å². The Morgan fingerprint density at radius 1 is 1.00 bits per heavy atom. The summed E-state index contributed by atoms with van der Waals surface area (Å²) in [6.45, 7) is 1.35. The third kappa shape index (κ3) is 1.98. The van der Waals surface area contributed by atoms with Gasteiger partial charge in [-0.3, -0.25) is 0 Å². The van der Waals surface area contributed by atoms with Crippen LogP contribution in [0.5, 0.6) is 0 Å². The maximum absolute atomic E-state index is 9.29. The standard InChI is InChI=1S/C7H14O6/c1-2(8)6-4(10)3(9)5(11)7(12)13-6/h2-12H,1H3/t2?,3?,4-,5?,6?,7+/m1/s1. The van der Waals surface area contributed by atoms with Crippen LogP contribution in [-0.2, 0) is 4.74 Å². The molecule has 0 aromatic carbocycles. The van der Waals surface area contributed by atoms with Gasteiger partial charge in [0.25, 0.3) is 0 Å². The van der Waals surface area contributed by atoms with Crippen molar-refractivity contribution < 1.29 is 30.3 Å². The summed E-state index contributed by atoms with van der Waals surface area (Å²) in [5, 5.41) is 45.6. The quantitative estimate of drug-likeness (QED) is 0.308. The lowest BCUT2D eigenvalue weighted by Gasteiger charge is -2.39. The van der Waals surface area contributed by atoms with E-state index in [2.05, 4.69) is 4.74 Å². The van der Waals surface area contributed by atoms with Gasteiger partial charge in [-0.05, 0) is 6.92 Å². The summed E-state index contributed by atoms with van der Waals surface area (Å²) in [5.41, 5.74) is 0. The van der Waals surface area contributed by atoms with Crippen molar-refractivity contribution in [3.63, 3.8) is 0 Å². The molecular formula is C7H14O6. The van der Waals surface area contributed by atoms with E-state index in [-0.39, 0.29) is 0 Å². The number of hydrogen-bond donors (Lipinski definition) is 5. The van der Waals surface area contributed by atoms with Gasteiger partial charge in [0.1, 0.15) is 24.4 Å². The summed E-state index contributed by atoms with van der Waals surface area (Å²) in [7, 11) is 0. The molecule has 6 atom stereocenters. The van der Waals surface area contributed by atoms with Crippen molar-refractivity contribution in [1.82, 2.24) is 0 Å². The SMILES string of the molecule is CC(O)C1O[C@H](O)C(O)C(O)[C@H]1O. The van der Waals surface area contributed by atoms with Gasteiger partial charge in [-0.15, -0.1) is 0 Å². The largest absolute Gasteiger partial charge is 0.391 e. The minimum Gasteiger partial charge on any atom is -0.391 e. The van der Waals surface area contributed by atoms with E-state index in [1.807, 2.05) is 0 Å². The molecule has 0 bridgehead atoms. The lowest BCUT2D eigenvalue weighted by atomic mass is 9.96. The summed E-state index contributed by atoms with van der Waals surface area (Å²) in [5.74, 6) is 0. The highest BCUT2D eigenvalue weighted by Gasteiger charge is 2.44. The zero-order chi connectivity index (χ0) is 10.2. The topological polar surface area (TPSA) is 110 Å². The van der Waals surface area contributed by atoms with Crippen LogP contribution in [0.1, 0.15) is 6.92 Å². The molecule has 6 nitrogen and oxygen atoms in total. The second-order valence-corrected chi connectivity index (χ2v) is 3.20. The molecule has 78 valence electrons. The Bertz CT molecular complexity index is 172. The normalized spacial score (nSPS) is 48.9. The summed E-state index contributed by atoms with van der Waals surface area (Å²) in [6.07, 6.45) is -8.18. The van der Waals surface area contributed by atoms with Crippen LogP contribution in [0.15, 0.2) is 0 Å². The fourth-order valence-corrected chi connectivity index (χ4v) is 1.29. The molecule has 1 saturated heterocycles. The van der Waals surface area contributed by atoms with Gasteiger partial charge in [-0.25, -0.2) is 0 Å². The average Bonchev–Trinajstić information content (AvgIpc) is 2.07. The molecule has 13 heavy (non-hydrogen) atoms. The summed E-state index contributed by atoms with van der Waals surface area (Å²) >= 11 is 0. The monoisotopic (exact) mass is 194 g/mol. The van der Waals surface area contributed by atoms with E-state index in [1.165, 1.54) is 6.92 Å². The van der Waals surface area contributed by atoms with Gasteiger partial charge >= 0.3 is 0 Å². The van der Waals surface area contributed by atoms with Crippen LogP contribution in [0.3, 0.4) is 0 Å². The van der Waals surface area contributed by atoms with E-state index in [0.29, 0.717) is 0 Å². The highest BCUT2D eigenvalue weighted by molar-refractivity contribution is 4.90. The van der Waals surface area contributed by atoms with Gasteiger partial charge in [0, 0.05) is 0 Å². The molecule has 5 N–H and O–H groups in total. The molecule has 0 aromatic rings. The maximum atomic E-state index is 9.29. The molecule has 6 heteroatoms. The third-order valence-corrected chi connectivity index (χ3v) is 2.10. The van der Waals surface area contributed by atoms with Crippen LogP contribution in [0.4, 0.5) is 0 Å². The molecule has 0 aromatic heterocycles. The zero-order valence-corrected chi connectivity index (χ0v) is 7.11. The summed E-state index contributed by atoms with van der Waals surface area (Å²) in [6, 6.07) is 0. The molecule has 1 fully saturated rings. The minimum atomic E-state index is -1.59. The lowest BCUT2D eigenvalue weighted by Crippen LogP contribution is -2.60. The molecular weight excluding hydrogens is 180 g/mol. The Labute approximate surface area is 75.0 Å². The highest BCUT2D eigenvalue weighted by atomic mass is 16.6. The number of rotatable bonds is 1. The number of hydrogen-bond acceptors (Lipinski definition) is 6. The first kappa shape index (κ1) is 10.8. The van der Waals surface area contributed by atoms with Crippen LogP contribution in [-0.4, -0.2) is 62.3 Å². The molecule has 1 aliphatic heterocycles. The fraction of sp³-hybridized carbons (Fsp3) is 1.00. The molecule has 0 saturated carbocycles. The molecule has 0 radical (unpaired) electrons. The van der Waals surface area contributed by atoms with Crippen molar-refractivity contribution in [1.29, 1.82) is 0 Å². The molecule has 0 aliphatic carbocycles. The number of aliphatic hydroxyl groups excluding tert-OH is 5. The van der Waals surface area contributed by atoms with Crippen LogP contribution in [0.2, 0.25) is 0 Å². The van der Waals surface area contributed by atoms with E-state index in [1.54, 1.807) is 0 Å². The van der Waals surface area contributed by atoms with Crippen molar-refractivity contribution in [3.8, 4) is 0 Å². The van der Waals surface area contributed by atoms with Crippen molar-refractivity contribution in [3.05, 3.63) is 0 Å². The smallest absolute Gasteiger partial charge is 0.184 e. The predicted molar refractivity (Wildman–Crippen MR) is 40.6 cm³/mol. The summed E-state index contributed by atoms with van der Waals surface area (Å²) < 4.78 is 4.69. The molecule has 1 rings (SSSR count). The van der Waals surface area contributed by atoms with E-state index < -0.39 is 36.8 Å². The second-order valence-electron chi connectivity index (χ2n) is 3.20. The van der Waals surface area contributed by atoms with Crippen LogP contribution >= 0.6 is 0 Å². The first-order chi connectivity index (χ1) is 5.95. The Kier molecular flexibility index (Phi) is 3.23. The summed E-state index contributed by atoms with van der Waals surface area (Å²) in [4.78, 5) is 0. The first-order valence-electron chi connectivity index (χ1n) is 4.01. The van der Waals surface area contributed by atoms with Crippen molar-refractivity contribution in [2.45, 2.75) is 43.7 Å². The molecule has 1 aliphatic rings. The molecule has 0 spiro atoms. The highest BCUT2D eigenvalue weighted by Crippen LogP contribution is 2.21. The third-order valence-electron chi connectivity index (χ3n) is 2.10. The number of aliphatic hydroxyl groups is 5. The zero-order valence-electron chi connectivity index (χ0n) is 7.11. The lowest BCUT2D eigenvalue weighted by molar-refractivity contribution is -0.295. The minimum absolute atomic E-state index is 1.04. The van der Waals surface area contributed by atoms with E-state index in [4.69, 9.17) is 15.3 Å². The van der Waals surface area contributed by atoms with Gasteiger partial charge < -0.3 is 30.3 Å². The molecule has 1 heterocycles. The van der Waals surface area contributed by atoms with Gasteiger partial charge in [0.2, 0.25) is 0 Å². The Morgan fingerprint density at radius 2 is 1.54 bits per heavy atom. The van der Waals surface area contributed by atoms with Crippen molar-refractivity contribution >= 4 is 0 Å². The fourth-order valence-electron chi connectivity index (χ4n) is 1.29. The predicted octanol–water partition coefficient (Wildman–Crippen LogP) is -2.83. The molecule has 0 amide bonds. The Balaban J connectivity index is 2.70. The Hall–Kier alpha value is -0.240. The average molecular weight is 194 g/mol. The van der Waals surface area contributed by atoms with Crippen LogP contribution in [0.25, 0.3) is 0 Å². The first-order valence-corrected chi connectivity index (χ1v) is 4.01. The second kappa shape index (κ2) is 3.87. The maximum Gasteiger partial charge on any atom is 0.184 e. The van der Waals surface area contributed by atoms with Crippen molar-refractivity contribution in [2.24, 2.45) is 0 Å². The van der Waals surface area contributed by atoms with Crippen LogP contribution < -0.4 is 0 Å². The van der Waals surface area contributed by atoms with Crippen molar-refractivity contribution in [2.75, 3.05) is 0 Å². The van der Waals surface area contributed by atoms with Crippen LogP contribution in [0, 0.1) is 0 Å². The Morgan fingerprint density at radius 3 is 2.00 bits per heavy atom. The van der Waals surface area contributed by atoms with Gasteiger partial charge in [-0.2, -0.15) is 0 Å². The molecule has 4 unspecified atom stereocenters. The van der Waals surface area contributed by atoms with Gasteiger partial charge in [-0.1, -0.05) is 0 Å². The van der Waals surface area contributed by atoms with E-state index in [0.717, 1.165) is 0 Å². The van der Waals surface area contributed by atoms with Gasteiger partial charge in [0.15, 0.2) is 6.29 Å². The van der Waals surface area contributed by atoms with E-state index >= 15 is 0 Å². The number of ether oxygens (including phenoxy) is 1.